The van der Waals surface area contributed by atoms with Crippen LogP contribution >= 0.6 is 11.3 Å². The molecule has 1 saturated heterocycles. The van der Waals surface area contributed by atoms with Crippen LogP contribution in [0, 0.1) is 0 Å². The predicted octanol–water partition coefficient (Wildman–Crippen LogP) is 1.19. The molecule has 3 heterocycles. The summed E-state index contributed by atoms with van der Waals surface area (Å²) in [6.07, 6.45) is 2.61. The van der Waals surface area contributed by atoms with Gasteiger partial charge in [-0.25, -0.2) is 4.68 Å². The fourth-order valence-corrected chi connectivity index (χ4v) is 3.08. The van der Waals surface area contributed by atoms with Crippen molar-refractivity contribution in [1.82, 2.24) is 25.2 Å². The van der Waals surface area contributed by atoms with Crippen molar-refractivity contribution in [2.24, 2.45) is 0 Å². The number of aromatic nitrogens is 3. The highest BCUT2D eigenvalue weighted by atomic mass is 32.1. The molecule has 1 aliphatic heterocycles. The summed E-state index contributed by atoms with van der Waals surface area (Å²) in [5.74, 6) is -0.0717. The second-order valence-corrected chi connectivity index (χ2v) is 6.48. The highest BCUT2D eigenvalue weighted by molar-refractivity contribution is 7.09. The molecule has 2 aromatic heterocycles. The predicted molar refractivity (Wildman–Crippen MR) is 81.5 cm³/mol. The molecule has 1 unspecified atom stereocenters. The van der Waals surface area contributed by atoms with Gasteiger partial charge in [0.15, 0.2) is 5.69 Å². The zero-order valence-electron chi connectivity index (χ0n) is 12.2. The minimum atomic E-state index is -0.0717. The van der Waals surface area contributed by atoms with Gasteiger partial charge in [0.05, 0.1) is 12.2 Å². The number of likely N-dealkylation sites (N-methyl/N-ethyl adjacent to an activating group) is 1. The SMILES string of the molecule is CC(Cc1cccs1)N(C)C(=O)c1cn(C2CNC2)nn1. The van der Waals surface area contributed by atoms with E-state index in [9.17, 15) is 4.79 Å². The molecule has 0 spiro atoms. The van der Waals surface area contributed by atoms with Gasteiger partial charge in [-0.2, -0.15) is 0 Å². The van der Waals surface area contributed by atoms with Gasteiger partial charge in [-0.05, 0) is 18.4 Å². The van der Waals surface area contributed by atoms with E-state index < -0.39 is 0 Å². The second-order valence-electron chi connectivity index (χ2n) is 5.44. The molecule has 3 rings (SSSR count). The minimum absolute atomic E-state index is 0.0717. The van der Waals surface area contributed by atoms with Crippen molar-refractivity contribution in [3.63, 3.8) is 0 Å². The van der Waals surface area contributed by atoms with Crippen molar-refractivity contribution in [2.45, 2.75) is 25.4 Å². The maximum Gasteiger partial charge on any atom is 0.276 e. The molecule has 0 aliphatic carbocycles. The smallest absolute Gasteiger partial charge is 0.276 e. The van der Waals surface area contributed by atoms with Crippen molar-refractivity contribution in [2.75, 3.05) is 20.1 Å². The Morgan fingerprint density at radius 2 is 2.43 bits per heavy atom. The molecule has 1 amide bonds. The lowest BCUT2D eigenvalue weighted by atomic mass is 10.1. The topological polar surface area (TPSA) is 63.1 Å². The van der Waals surface area contributed by atoms with Crippen LogP contribution in [0.2, 0.25) is 0 Å². The zero-order valence-corrected chi connectivity index (χ0v) is 13.0. The summed E-state index contributed by atoms with van der Waals surface area (Å²) in [7, 11) is 1.82. The Kier molecular flexibility index (Phi) is 4.03. The zero-order chi connectivity index (χ0) is 14.8. The molecule has 1 fully saturated rings. The van der Waals surface area contributed by atoms with Gasteiger partial charge in [0, 0.05) is 37.5 Å². The third kappa shape index (κ3) is 2.98. The van der Waals surface area contributed by atoms with Crippen molar-refractivity contribution >= 4 is 17.2 Å². The average Bonchev–Trinajstić information content (AvgIpc) is 3.06. The van der Waals surface area contributed by atoms with Crippen LogP contribution in [-0.2, 0) is 6.42 Å². The lowest BCUT2D eigenvalue weighted by Gasteiger charge is -2.26. The fourth-order valence-electron chi connectivity index (χ4n) is 2.25. The van der Waals surface area contributed by atoms with E-state index in [2.05, 4.69) is 34.0 Å². The Labute approximate surface area is 127 Å². The molecule has 6 nitrogen and oxygen atoms in total. The monoisotopic (exact) mass is 305 g/mol. The van der Waals surface area contributed by atoms with Crippen molar-refractivity contribution in [1.29, 1.82) is 0 Å². The van der Waals surface area contributed by atoms with E-state index in [0.717, 1.165) is 19.5 Å². The van der Waals surface area contributed by atoms with E-state index in [1.54, 1.807) is 27.1 Å². The number of carbonyl (C=O) groups is 1. The van der Waals surface area contributed by atoms with Crippen LogP contribution in [0.4, 0.5) is 0 Å². The lowest BCUT2D eigenvalue weighted by molar-refractivity contribution is 0.0738. The number of rotatable bonds is 5. The molecule has 0 saturated carbocycles. The molecule has 1 aliphatic rings. The van der Waals surface area contributed by atoms with Crippen LogP contribution in [0.25, 0.3) is 0 Å². The molecule has 21 heavy (non-hydrogen) atoms. The number of amides is 1. The van der Waals surface area contributed by atoms with Crippen LogP contribution in [0.15, 0.2) is 23.7 Å². The van der Waals surface area contributed by atoms with Crippen LogP contribution in [0.5, 0.6) is 0 Å². The first-order valence-electron chi connectivity index (χ1n) is 7.07. The van der Waals surface area contributed by atoms with Gasteiger partial charge in [-0.15, -0.1) is 16.4 Å². The van der Waals surface area contributed by atoms with Crippen LogP contribution in [0.3, 0.4) is 0 Å². The quantitative estimate of drug-likeness (QED) is 0.901. The number of hydrogen-bond donors (Lipinski definition) is 1. The number of nitrogens with one attached hydrogen (secondary N) is 1. The number of hydrogen-bond acceptors (Lipinski definition) is 5. The molecule has 112 valence electrons. The van der Waals surface area contributed by atoms with Crippen molar-refractivity contribution in [3.8, 4) is 0 Å². The summed E-state index contributed by atoms with van der Waals surface area (Å²) in [6.45, 7) is 3.83. The van der Waals surface area contributed by atoms with E-state index in [-0.39, 0.29) is 11.9 Å². The maximum atomic E-state index is 12.5. The number of carbonyl (C=O) groups excluding carboxylic acids is 1. The Bertz CT molecular complexity index is 605. The van der Waals surface area contributed by atoms with E-state index in [4.69, 9.17) is 0 Å². The third-order valence-corrected chi connectivity index (χ3v) is 4.82. The van der Waals surface area contributed by atoms with Gasteiger partial charge >= 0.3 is 0 Å². The van der Waals surface area contributed by atoms with Crippen LogP contribution in [0.1, 0.15) is 28.3 Å². The molecular formula is C14H19N5OS. The standard InChI is InChI=1S/C14H19N5OS/c1-10(6-12-4-3-5-21-12)18(2)14(20)13-9-19(17-16-13)11-7-15-8-11/h3-5,9-11,15H,6-8H2,1-2H3. The van der Waals surface area contributed by atoms with E-state index >= 15 is 0 Å². The Balaban J connectivity index is 1.64. The fraction of sp³-hybridized carbons (Fsp3) is 0.500. The first kappa shape index (κ1) is 14.2. The summed E-state index contributed by atoms with van der Waals surface area (Å²) >= 11 is 1.72. The van der Waals surface area contributed by atoms with Crippen LogP contribution < -0.4 is 5.32 Å². The normalized spacial score (nSPS) is 16.5. The van der Waals surface area contributed by atoms with Gasteiger partial charge in [0.25, 0.3) is 5.91 Å². The largest absolute Gasteiger partial charge is 0.337 e. The summed E-state index contributed by atoms with van der Waals surface area (Å²) in [4.78, 5) is 15.5. The van der Waals surface area contributed by atoms with Crippen molar-refractivity contribution in [3.05, 3.63) is 34.3 Å². The molecule has 7 heteroatoms. The third-order valence-electron chi connectivity index (χ3n) is 3.92. The summed E-state index contributed by atoms with van der Waals surface area (Å²) in [6, 6.07) is 4.59. The number of thiophene rings is 1. The molecular weight excluding hydrogens is 286 g/mol. The molecule has 2 aromatic rings. The lowest BCUT2D eigenvalue weighted by Crippen LogP contribution is -2.43. The second kappa shape index (κ2) is 5.95. The van der Waals surface area contributed by atoms with Gasteiger partial charge in [0.1, 0.15) is 0 Å². The average molecular weight is 305 g/mol. The molecule has 0 radical (unpaired) electrons. The van der Waals surface area contributed by atoms with E-state index in [1.807, 2.05) is 13.1 Å². The van der Waals surface area contributed by atoms with Gasteiger partial charge < -0.3 is 10.2 Å². The first-order valence-corrected chi connectivity index (χ1v) is 7.95. The van der Waals surface area contributed by atoms with Crippen molar-refractivity contribution < 1.29 is 4.79 Å². The molecule has 1 N–H and O–H groups in total. The highest BCUT2D eigenvalue weighted by Gasteiger charge is 2.24. The Morgan fingerprint density at radius 3 is 3.05 bits per heavy atom. The molecule has 0 aromatic carbocycles. The Morgan fingerprint density at radius 1 is 1.62 bits per heavy atom. The van der Waals surface area contributed by atoms with E-state index in [0.29, 0.717) is 11.7 Å². The maximum absolute atomic E-state index is 12.5. The van der Waals surface area contributed by atoms with E-state index in [1.165, 1.54) is 4.88 Å². The van der Waals surface area contributed by atoms with Crippen LogP contribution in [-0.4, -0.2) is 52.0 Å². The summed E-state index contributed by atoms with van der Waals surface area (Å²) in [5, 5.41) is 13.3. The van der Waals surface area contributed by atoms with Gasteiger partial charge in [0.2, 0.25) is 0 Å². The molecule has 0 bridgehead atoms. The Hall–Kier alpha value is -1.73. The summed E-state index contributed by atoms with van der Waals surface area (Å²) < 4.78 is 1.78. The highest BCUT2D eigenvalue weighted by Crippen LogP contribution is 2.15. The first-order chi connectivity index (χ1) is 10.1. The number of nitrogens with zero attached hydrogens (tertiary/aromatic N) is 4. The summed E-state index contributed by atoms with van der Waals surface area (Å²) in [5.41, 5.74) is 0.419. The van der Waals surface area contributed by atoms with Gasteiger partial charge in [-0.3, -0.25) is 4.79 Å². The molecule has 1 atom stereocenters. The van der Waals surface area contributed by atoms with Gasteiger partial charge in [-0.1, -0.05) is 11.3 Å². The minimum Gasteiger partial charge on any atom is -0.337 e.